The standard InChI is InChI=1S/C10H17NO2/c1-8(12)9(2)13-10(7-11)5-3-4-6-10/h8-9,12H,3-6H2,1-2H3. The van der Waals surface area contributed by atoms with Gasteiger partial charge in [0.1, 0.15) is 0 Å². The summed E-state index contributed by atoms with van der Waals surface area (Å²) in [5.74, 6) is 0. The predicted octanol–water partition coefficient (Wildman–Crippen LogP) is 1.61. The summed E-state index contributed by atoms with van der Waals surface area (Å²) in [5.41, 5.74) is -0.615. The highest BCUT2D eigenvalue weighted by atomic mass is 16.5. The number of nitriles is 1. The highest BCUT2D eigenvalue weighted by molar-refractivity contribution is 5.05. The normalized spacial score (nSPS) is 25.1. The molecule has 0 heterocycles. The largest absolute Gasteiger partial charge is 0.391 e. The quantitative estimate of drug-likeness (QED) is 0.723. The Labute approximate surface area is 79.3 Å². The van der Waals surface area contributed by atoms with Crippen LogP contribution in [0.25, 0.3) is 0 Å². The maximum atomic E-state index is 9.26. The van der Waals surface area contributed by atoms with Crippen LogP contribution < -0.4 is 0 Å². The van der Waals surface area contributed by atoms with E-state index in [1.165, 1.54) is 0 Å². The number of hydrogen-bond acceptors (Lipinski definition) is 3. The van der Waals surface area contributed by atoms with Crippen molar-refractivity contribution in [3.8, 4) is 6.07 Å². The first-order valence-corrected chi connectivity index (χ1v) is 4.87. The van der Waals surface area contributed by atoms with Crippen LogP contribution in [0, 0.1) is 11.3 Å². The summed E-state index contributed by atoms with van der Waals surface area (Å²) in [4.78, 5) is 0. The van der Waals surface area contributed by atoms with E-state index >= 15 is 0 Å². The second-order valence-corrected chi connectivity index (χ2v) is 3.88. The second kappa shape index (κ2) is 4.08. The number of aliphatic hydroxyl groups is 1. The van der Waals surface area contributed by atoms with Crippen molar-refractivity contribution in [3.63, 3.8) is 0 Å². The molecule has 0 aliphatic heterocycles. The second-order valence-electron chi connectivity index (χ2n) is 3.88. The van der Waals surface area contributed by atoms with Crippen LogP contribution >= 0.6 is 0 Å². The third kappa shape index (κ3) is 2.43. The van der Waals surface area contributed by atoms with Gasteiger partial charge in [0.05, 0.1) is 18.3 Å². The maximum absolute atomic E-state index is 9.26. The Morgan fingerprint density at radius 3 is 2.31 bits per heavy atom. The Bertz CT molecular complexity index is 201. The van der Waals surface area contributed by atoms with Gasteiger partial charge in [0.15, 0.2) is 5.60 Å². The number of aliphatic hydroxyl groups excluding tert-OH is 1. The van der Waals surface area contributed by atoms with Gasteiger partial charge in [-0.2, -0.15) is 5.26 Å². The maximum Gasteiger partial charge on any atom is 0.154 e. The average molecular weight is 183 g/mol. The van der Waals surface area contributed by atoms with E-state index < -0.39 is 11.7 Å². The van der Waals surface area contributed by atoms with Crippen molar-refractivity contribution in [3.05, 3.63) is 0 Å². The number of rotatable bonds is 3. The fraction of sp³-hybridized carbons (Fsp3) is 0.900. The first-order valence-electron chi connectivity index (χ1n) is 4.87. The molecule has 13 heavy (non-hydrogen) atoms. The van der Waals surface area contributed by atoms with Gasteiger partial charge in [-0.25, -0.2) is 0 Å². The Morgan fingerprint density at radius 1 is 1.38 bits per heavy atom. The summed E-state index contributed by atoms with van der Waals surface area (Å²) in [6.07, 6.45) is 2.96. The molecule has 0 saturated heterocycles. The molecule has 1 saturated carbocycles. The van der Waals surface area contributed by atoms with E-state index in [2.05, 4.69) is 6.07 Å². The minimum atomic E-state index is -0.615. The van der Waals surface area contributed by atoms with E-state index in [4.69, 9.17) is 10.00 Å². The molecule has 1 aliphatic rings. The Morgan fingerprint density at radius 2 is 1.92 bits per heavy atom. The van der Waals surface area contributed by atoms with Gasteiger partial charge >= 0.3 is 0 Å². The molecule has 0 amide bonds. The van der Waals surface area contributed by atoms with E-state index in [0.717, 1.165) is 25.7 Å². The van der Waals surface area contributed by atoms with Crippen LogP contribution in [0.1, 0.15) is 39.5 Å². The predicted molar refractivity (Wildman–Crippen MR) is 49.0 cm³/mol. The average Bonchev–Trinajstić information content (AvgIpc) is 2.54. The van der Waals surface area contributed by atoms with Crippen LogP contribution in [-0.2, 0) is 4.74 Å². The van der Waals surface area contributed by atoms with Crippen molar-refractivity contribution < 1.29 is 9.84 Å². The SMILES string of the molecule is CC(O)C(C)OC1(C#N)CCCC1. The first kappa shape index (κ1) is 10.5. The molecule has 0 bridgehead atoms. The molecule has 0 aromatic heterocycles. The zero-order valence-electron chi connectivity index (χ0n) is 8.29. The van der Waals surface area contributed by atoms with Crippen molar-refractivity contribution in [2.75, 3.05) is 0 Å². The van der Waals surface area contributed by atoms with E-state index in [0.29, 0.717) is 0 Å². The molecule has 0 radical (unpaired) electrons. The van der Waals surface area contributed by atoms with Crippen LogP contribution in [0.3, 0.4) is 0 Å². The molecule has 0 aromatic rings. The first-order chi connectivity index (χ1) is 6.09. The number of nitrogens with zero attached hydrogens (tertiary/aromatic N) is 1. The lowest BCUT2D eigenvalue weighted by Gasteiger charge is -2.27. The molecule has 0 aromatic carbocycles. The van der Waals surface area contributed by atoms with Crippen LogP contribution in [0.2, 0.25) is 0 Å². The Balaban J connectivity index is 2.54. The summed E-state index contributed by atoms with van der Waals surface area (Å²) in [7, 11) is 0. The minimum Gasteiger partial charge on any atom is -0.391 e. The van der Waals surface area contributed by atoms with Crippen molar-refractivity contribution >= 4 is 0 Å². The lowest BCUT2D eigenvalue weighted by atomic mass is 10.0. The molecule has 1 N–H and O–H groups in total. The molecule has 1 fully saturated rings. The van der Waals surface area contributed by atoms with Crippen molar-refractivity contribution in [1.29, 1.82) is 5.26 Å². The molecule has 2 atom stereocenters. The van der Waals surface area contributed by atoms with E-state index in [-0.39, 0.29) is 6.10 Å². The highest BCUT2D eigenvalue weighted by Gasteiger charge is 2.37. The topological polar surface area (TPSA) is 53.2 Å². The smallest absolute Gasteiger partial charge is 0.154 e. The van der Waals surface area contributed by atoms with Gasteiger partial charge in [-0.05, 0) is 39.5 Å². The molecular formula is C10H17NO2. The van der Waals surface area contributed by atoms with E-state index in [9.17, 15) is 5.11 Å². The van der Waals surface area contributed by atoms with Gasteiger partial charge in [0.25, 0.3) is 0 Å². The van der Waals surface area contributed by atoms with Crippen LogP contribution in [0.5, 0.6) is 0 Å². The van der Waals surface area contributed by atoms with E-state index in [1.807, 2.05) is 6.92 Å². The van der Waals surface area contributed by atoms with Gasteiger partial charge < -0.3 is 9.84 Å². The summed E-state index contributed by atoms with van der Waals surface area (Å²) in [6, 6.07) is 2.23. The molecule has 1 rings (SSSR count). The van der Waals surface area contributed by atoms with Gasteiger partial charge in [-0.3, -0.25) is 0 Å². The summed E-state index contributed by atoms with van der Waals surface area (Å²) < 4.78 is 5.60. The number of hydrogen-bond donors (Lipinski definition) is 1. The molecule has 1 aliphatic carbocycles. The lowest BCUT2D eigenvalue weighted by Crippen LogP contribution is -2.36. The summed E-state index contributed by atoms with van der Waals surface area (Å²) in [6.45, 7) is 3.49. The van der Waals surface area contributed by atoms with Gasteiger partial charge in [0.2, 0.25) is 0 Å². The lowest BCUT2D eigenvalue weighted by molar-refractivity contribution is -0.0921. The molecular weight excluding hydrogens is 166 g/mol. The zero-order valence-corrected chi connectivity index (χ0v) is 8.29. The van der Waals surface area contributed by atoms with Crippen molar-refractivity contribution in [2.45, 2.75) is 57.3 Å². The van der Waals surface area contributed by atoms with E-state index in [1.54, 1.807) is 6.92 Å². The molecule has 2 unspecified atom stereocenters. The minimum absolute atomic E-state index is 0.252. The molecule has 0 spiro atoms. The number of ether oxygens (including phenoxy) is 1. The third-order valence-corrected chi connectivity index (χ3v) is 2.71. The Kier molecular flexibility index (Phi) is 3.29. The van der Waals surface area contributed by atoms with Crippen LogP contribution in [0.15, 0.2) is 0 Å². The summed E-state index contributed by atoms with van der Waals surface area (Å²) in [5, 5.41) is 18.2. The van der Waals surface area contributed by atoms with Crippen LogP contribution in [-0.4, -0.2) is 22.9 Å². The van der Waals surface area contributed by atoms with Gasteiger partial charge in [0, 0.05) is 0 Å². The molecule has 3 nitrogen and oxygen atoms in total. The fourth-order valence-corrected chi connectivity index (χ4v) is 1.66. The highest BCUT2D eigenvalue weighted by Crippen LogP contribution is 2.33. The van der Waals surface area contributed by atoms with Crippen molar-refractivity contribution in [1.82, 2.24) is 0 Å². The monoisotopic (exact) mass is 183 g/mol. The van der Waals surface area contributed by atoms with Gasteiger partial charge in [-0.1, -0.05) is 0 Å². The van der Waals surface area contributed by atoms with Crippen LogP contribution in [0.4, 0.5) is 0 Å². The van der Waals surface area contributed by atoms with Crippen molar-refractivity contribution in [2.24, 2.45) is 0 Å². The molecule has 74 valence electrons. The molecule has 3 heteroatoms. The third-order valence-electron chi connectivity index (χ3n) is 2.71. The summed E-state index contributed by atoms with van der Waals surface area (Å²) >= 11 is 0. The fourth-order valence-electron chi connectivity index (χ4n) is 1.66. The zero-order chi connectivity index (χ0) is 9.90. The Hall–Kier alpha value is -0.590. The van der Waals surface area contributed by atoms with Gasteiger partial charge in [-0.15, -0.1) is 0 Å².